The van der Waals surface area contributed by atoms with E-state index in [0.717, 1.165) is 11.4 Å². The highest BCUT2D eigenvalue weighted by Gasteiger charge is 2.12. The number of aryl methyl sites for hydroxylation is 1. The van der Waals surface area contributed by atoms with Gasteiger partial charge in [0, 0.05) is 28.5 Å². The summed E-state index contributed by atoms with van der Waals surface area (Å²) in [5.74, 6) is 0.932. The molecule has 1 aromatic heterocycles. The average molecular weight is 417 g/mol. The van der Waals surface area contributed by atoms with Crippen molar-refractivity contribution in [2.75, 3.05) is 18.2 Å². The number of thioether (sulfide) groups is 1. The standard InChI is InChI=1S/C25H24N2O2S/c1-18-8-7-9-19(14-18)15-27-16-24(20-10-3-5-12-22(20)27)30-17-25(28)26-21-11-4-6-13-23(21)29-2/h3-14,16H,15,17H2,1-2H3,(H,26,28). The molecule has 0 saturated heterocycles. The molecule has 1 amide bonds. The summed E-state index contributed by atoms with van der Waals surface area (Å²) < 4.78 is 7.56. The maximum absolute atomic E-state index is 12.5. The number of amides is 1. The van der Waals surface area contributed by atoms with E-state index in [1.165, 1.54) is 22.0 Å². The van der Waals surface area contributed by atoms with E-state index >= 15 is 0 Å². The molecule has 0 atom stereocenters. The lowest BCUT2D eigenvalue weighted by Crippen LogP contribution is -2.14. The largest absolute Gasteiger partial charge is 0.495 e. The minimum Gasteiger partial charge on any atom is -0.495 e. The van der Waals surface area contributed by atoms with Crippen molar-refractivity contribution >= 4 is 34.3 Å². The van der Waals surface area contributed by atoms with Crippen molar-refractivity contribution in [3.63, 3.8) is 0 Å². The highest BCUT2D eigenvalue weighted by Crippen LogP contribution is 2.31. The van der Waals surface area contributed by atoms with Crippen LogP contribution < -0.4 is 10.1 Å². The predicted molar refractivity (Wildman–Crippen MR) is 125 cm³/mol. The summed E-state index contributed by atoms with van der Waals surface area (Å²) in [6.07, 6.45) is 2.15. The number of carbonyl (C=O) groups is 1. The van der Waals surface area contributed by atoms with Crippen LogP contribution in [0, 0.1) is 6.92 Å². The van der Waals surface area contributed by atoms with Crippen molar-refractivity contribution in [1.82, 2.24) is 4.57 Å². The fourth-order valence-electron chi connectivity index (χ4n) is 3.54. The molecule has 0 aliphatic heterocycles. The molecule has 1 N–H and O–H groups in total. The van der Waals surface area contributed by atoms with Gasteiger partial charge in [0.25, 0.3) is 0 Å². The highest BCUT2D eigenvalue weighted by molar-refractivity contribution is 8.00. The molecule has 0 saturated carbocycles. The smallest absolute Gasteiger partial charge is 0.234 e. The van der Waals surface area contributed by atoms with Crippen LogP contribution in [-0.4, -0.2) is 23.3 Å². The van der Waals surface area contributed by atoms with Crippen LogP contribution >= 0.6 is 11.8 Å². The van der Waals surface area contributed by atoms with Crippen molar-refractivity contribution in [3.8, 4) is 5.75 Å². The summed E-state index contributed by atoms with van der Waals surface area (Å²) in [4.78, 5) is 13.6. The molecule has 4 rings (SSSR count). The number of anilines is 1. The number of rotatable bonds is 7. The molecule has 0 bridgehead atoms. The van der Waals surface area contributed by atoms with Gasteiger partial charge in [0.1, 0.15) is 5.75 Å². The Morgan fingerprint density at radius 2 is 1.83 bits per heavy atom. The van der Waals surface area contributed by atoms with Gasteiger partial charge in [-0.15, -0.1) is 11.8 Å². The third kappa shape index (κ3) is 4.52. The van der Waals surface area contributed by atoms with E-state index < -0.39 is 0 Å². The number of fused-ring (bicyclic) bond motifs is 1. The number of aromatic nitrogens is 1. The number of benzene rings is 3. The van der Waals surface area contributed by atoms with Crippen LogP contribution in [0.5, 0.6) is 5.75 Å². The maximum Gasteiger partial charge on any atom is 0.234 e. The van der Waals surface area contributed by atoms with Gasteiger partial charge in [-0.3, -0.25) is 4.79 Å². The summed E-state index contributed by atoms with van der Waals surface area (Å²) in [7, 11) is 1.60. The molecule has 0 fully saturated rings. The van der Waals surface area contributed by atoms with Gasteiger partial charge < -0.3 is 14.6 Å². The van der Waals surface area contributed by atoms with Crippen molar-refractivity contribution in [2.24, 2.45) is 0 Å². The Morgan fingerprint density at radius 1 is 1.03 bits per heavy atom. The van der Waals surface area contributed by atoms with E-state index in [0.29, 0.717) is 17.2 Å². The average Bonchev–Trinajstić information content (AvgIpc) is 3.10. The molecular weight excluding hydrogens is 392 g/mol. The lowest BCUT2D eigenvalue weighted by molar-refractivity contribution is -0.113. The molecule has 0 spiro atoms. The molecule has 4 aromatic rings. The van der Waals surface area contributed by atoms with Gasteiger partial charge in [0.05, 0.1) is 18.6 Å². The first-order chi connectivity index (χ1) is 14.6. The van der Waals surface area contributed by atoms with E-state index in [4.69, 9.17) is 4.74 Å². The van der Waals surface area contributed by atoms with Crippen LogP contribution in [0.15, 0.2) is 83.9 Å². The quantitative estimate of drug-likeness (QED) is 0.391. The Labute approximate surface area is 180 Å². The topological polar surface area (TPSA) is 43.3 Å². The Bertz CT molecular complexity index is 1180. The molecule has 3 aromatic carbocycles. The summed E-state index contributed by atoms with van der Waals surface area (Å²) in [6.45, 7) is 2.91. The van der Waals surface area contributed by atoms with Gasteiger partial charge in [-0.05, 0) is 30.7 Å². The number of hydrogen-bond acceptors (Lipinski definition) is 3. The fourth-order valence-corrected chi connectivity index (χ4v) is 4.43. The van der Waals surface area contributed by atoms with Crippen LogP contribution in [0.4, 0.5) is 5.69 Å². The van der Waals surface area contributed by atoms with E-state index in [1.807, 2.05) is 30.3 Å². The van der Waals surface area contributed by atoms with Gasteiger partial charge in [0.15, 0.2) is 0 Å². The normalized spacial score (nSPS) is 10.9. The first-order valence-corrected chi connectivity index (χ1v) is 10.8. The summed E-state index contributed by atoms with van der Waals surface area (Å²) in [5, 5.41) is 4.11. The molecule has 1 heterocycles. The summed E-state index contributed by atoms with van der Waals surface area (Å²) in [6, 6.07) is 24.3. The lowest BCUT2D eigenvalue weighted by Gasteiger charge is -2.09. The lowest BCUT2D eigenvalue weighted by atomic mass is 10.1. The van der Waals surface area contributed by atoms with Crippen molar-refractivity contribution < 1.29 is 9.53 Å². The monoisotopic (exact) mass is 416 g/mol. The van der Waals surface area contributed by atoms with Crippen molar-refractivity contribution in [1.29, 1.82) is 0 Å². The number of ether oxygens (including phenoxy) is 1. The van der Waals surface area contributed by atoms with E-state index in [1.54, 1.807) is 18.9 Å². The molecule has 5 heteroatoms. The van der Waals surface area contributed by atoms with E-state index in [-0.39, 0.29) is 5.91 Å². The summed E-state index contributed by atoms with van der Waals surface area (Å²) in [5.41, 5.74) is 4.38. The molecule has 0 unspecified atom stereocenters. The zero-order chi connectivity index (χ0) is 20.9. The number of nitrogens with one attached hydrogen (secondary N) is 1. The van der Waals surface area contributed by atoms with Gasteiger partial charge in [-0.2, -0.15) is 0 Å². The van der Waals surface area contributed by atoms with Crippen LogP contribution in [0.3, 0.4) is 0 Å². The van der Waals surface area contributed by atoms with Crippen LogP contribution in [0.1, 0.15) is 11.1 Å². The Kier molecular flexibility index (Phi) is 6.10. The number of carbonyl (C=O) groups excluding carboxylic acids is 1. The molecule has 4 nitrogen and oxygen atoms in total. The van der Waals surface area contributed by atoms with E-state index in [2.05, 4.69) is 65.5 Å². The minimum atomic E-state index is -0.0555. The van der Waals surface area contributed by atoms with Crippen LogP contribution in [0.2, 0.25) is 0 Å². The Balaban J connectivity index is 1.51. The third-order valence-electron chi connectivity index (χ3n) is 4.93. The van der Waals surface area contributed by atoms with E-state index in [9.17, 15) is 4.79 Å². The zero-order valence-corrected chi connectivity index (χ0v) is 17.9. The second-order valence-corrected chi connectivity index (χ2v) is 8.18. The highest BCUT2D eigenvalue weighted by atomic mass is 32.2. The molecule has 152 valence electrons. The van der Waals surface area contributed by atoms with Gasteiger partial charge in [0.2, 0.25) is 5.91 Å². The second-order valence-electron chi connectivity index (χ2n) is 7.16. The van der Waals surface area contributed by atoms with Gasteiger partial charge in [-0.1, -0.05) is 60.2 Å². The van der Waals surface area contributed by atoms with Crippen LogP contribution in [0.25, 0.3) is 10.9 Å². The van der Waals surface area contributed by atoms with Gasteiger partial charge in [-0.25, -0.2) is 0 Å². The zero-order valence-electron chi connectivity index (χ0n) is 17.1. The first-order valence-electron chi connectivity index (χ1n) is 9.83. The molecule has 0 aliphatic carbocycles. The molecule has 30 heavy (non-hydrogen) atoms. The molecule has 0 radical (unpaired) electrons. The Morgan fingerprint density at radius 3 is 2.67 bits per heavy atom. The maximum atomic E-state index is 12.5. The minimum absolute atomic E-state index is 0.0555. The van der Waals surface area contributed by atoms with Crippen molar-refractivity contribution in [2.45, 2.75) is 18.4 Å². The number of para-hydroxylation sites is 3. The number of hydrogen-bond donors (Lipinski definition) is 1. The Hall–Kier alpha value is -3.18. The van der Waals surface area contributed by atoms with Crippen LogP contribution in [-0.2, 0) is 11.3 Å². The molecular formula is C25H24N2O2S. The second kappa shape index (κ2) is 9.09. The van der Waals surface area contributed by atoms with Gasteiger partial charge >= 0.3 is 0 Å². The SMILES string of the molecule is COc1ccccc1NC(=O)CSc1cn(Cc2cccc(C)c2)c2ccccc12. The van der Waals surface area contributed by atoms with Crippen molar-refractivity contribution in [3.05, 3.63) is 90.1 Å². The number of methoxy groups -OCH3 is 1. The predicted octanol–water partition coefficient (Wildman–Crippen LogP) is 5.74. The third-order valence-corrected chi connectivity index (χ3v) is 5.97. The molecule has 0 aliphatic rings. The summed E-state index contributed by atoms with van der Waals surface area (Å²) >= 11 is 1.55. The first kappa shape index (κ1) is 20.1. The number of nitrogens with zero attached hydrogens (tertiary/aromatic N) is 1. The fraction of sp³-hybridized carbons (Fsp3) is 0.160.